The monoisotopic (exact) mass is 352 g/mol. The molecule has 2 heterocycles. The third-order valence-corrected chi connectivity index (χ3v) is 5.23. The van der Waals surface area contributed by atoms with Gasteiger partial charge in [-0.25, -0.2) is 4.98 Å². The Kier molecular flexibility index (Phi) is 4.77. The molecule has 0 spiro atoms. The smallest absolute Gasteiger partial charge is 0.189 e. The maximum Gasteiger partial charge on any atom is 0.189 e. The zero-order valence-electron chi connectivity index (χ0n) is 14.8. The Balaban J connectivity index is 1.81. The second-order valence-corrected chi connectivity index (χ2v) is 7.18. The molecule has 3 rings (SSSR count). The van der Waals surface area contributed by atoms with Gasteiger partial charge in [-0.1, -0.05) is 30.0 Å². The van der Waals surface area contributed by atoms with Crippen LogP contribution >= 0.6 is 11.8 Å². The normalized spacial score (nSPS) is 11.0. The van der Waals surface area contributed by atoms with Gasteiger partial charge in [-0.3, -0.25) is 9.59 Å². The number of aromatic amines is 1. The number of hydrogen-bond donors (Lipinski definition) is 1. The molecule has 2 aromatic heterocycles. The van der Waals surface area contributed by atoms with E-state index in [0.29, 0.717) is 11.3 Å². The lowest BCUT2D eigenvalue weighted by Crippen LogP contribution is -2.06. The highest BCUT2D eigenvalue weighted by molar-refractivity contribution is 7.99. The van der Waals surface area contributed by atoms with E-state index in [1.165, 1.54) is 18.7 Å². The number of benzene rings is 1. The zero-order chi connectivity index (χ0) is 18.1. The van der Waals surface area contributed by atoms with Crippen LogP contribution < -0.4 is 0 Å². The molecule has 0 aliphatic heterocycles. The predicted octanol–water partition coefficient (Wildman–Crippen LogP) is 4.67. The highest BCUT2D eigenvalue weighted by Gasteiger charge is 2.20. The Labute approximate surface area is 151 Å². The quantitative estimate of drug-likeness (QED) is 0.535. The molecule has 0 saturated heterocycles. The van der Waals surface area contributed by atoms with Crippen molar-refractivity contribution in [1.29, 1.82) is 0 Å². The summed E-state index contributed by atoms with van der Waals surface area (Å²) in [6.07, 6.45) is 0. The third-order valence-electron chi connectivity index (χ3n) is 4.32. The second-order valence-electron chi connectivity index (χ2n) is 6.19. The summed E-state index contributed by atoms with van der Waals surface area (Å²) in [4.78, 5) is 32.0. The van der Waals surface area contributed by atoms with Crippen LogP contribution in [0.3, 0.4) is 0 Å². The highest BCUT2D eigenvalue weighted by atomic mass is 32.2. The molecule has 0 bridgehead atoms. The van der Waals surface area contributed by atoms with Gasteiger partial charge in [-0.15, -0.1) is 0 Å². The number of fused-ring (bicyclic) bond motifs is 1. The minimum Gasteiger partial charge on any atom is -0.355 e. The molecule has 0 aliphatic rings. The molecule has 0 unspecified atom stereocenters. The first-order valence-corrected chi connectivity index (χ1v) is 9.09. The van der Waals surface area contributed by atoms with Gasteiger partial charge in [0.2, 0.25) is 0 Å². The Bertz CT molecular complexity index is 989. The number of nitrogens with one attached hydrogen (secondary N) is 1. The van der Waals surface area contributed by atoms with Crippen molar-refractivity contribution in [2.75, 3.05) is 5.75 Å². The first-order valence-electron chi connectivity index (χ1n) is 8.11. The molecule has 0 fully saturated rings. The van der Waals surface area contributed by atoms with Crippen LogP contribution in [0.5, 0.6) is 0 Å². The Morgan fingerprint density at radius 2 is 1.88 bits per heavy atom. The number of rotatable bonds is 5. The maximum absolute atomic E-state index is 12.6. The number of para-hydroxylation sites is 1. The Hall–Kier alpha value is -2.40. The molecular formula is C20H20N2O2S. The number of carbonyl (C=O) groups excluding carboxylic acids is 2. The third kappa shape index (κ3) is 3.37. The average Bonchev–Trinajstić information content (AvgIpc) is 2.87. The molecular weight excluding hydrogens is 332 g/mol. The highest BCUT2D eigenvalue weighted by Crippen LogP contribution is 2.25. The number of ketones is 2. The summed E-state index contributed by atoms with van der Waals surface area (Å²) in [5.41, 5.74) is 4.70. The average molecular weight is 352 g/mol. The number of thioether (sulfide) groups is 1. The minimum absolute atomic E-state index is 0.0225. The summed E-state index contributed by atoms with van der Waals surface area (Å²) in [6, 6.07) is 9.99. The number of nitrogens with zero attached hydrogens (tertiary/aromatic N) is 1. The van der Waals surface area contributed by atoms with E-state index >= 15 is 0 Å². The van der Waals surface area contributed by atoms with Crippen LogP contribution in [0.2, 0.25) is 0 Å². The van der Waals surface area contributed by atoms with Crippen LogP contribution in [0.4, 0.5) is 0 Å². The van der Waals surface area contributed by atoms with Crippen LogP contribution in [0, 0.1) is 20.8 Å². The molecule has 128 valence electrons. The van der Waals surface area contributed by atoms with Crippen LogP contribution in [0.25, 0.3) is 10.9 Å². The van der Waals surface area contributed by atoms with Gasteiger partial charge in [0.05, 0.1) is 22.0 Å². The van der Waals surface area contributed by atoms with E-state index in [2.05, 4.69) is 9.97 Å². The molecule has 4 nitrogen and oxygen atoms in total. The summed E-state index contributed by atoms with van der Waals surface area (Å²) in [7, 11) is 0. The van der Waals surface area contributed by atoms with Crippen LogP contribution in [0.1, 0.15) is 44.6 Å². The molecule has 0 radical (unpaired) electrons. The lowest BCUT2D eigenvalue weighted by molar-refractivity contribution is 0.101. The van der Waals surface area contributed by atoms with Crippen molar-refractivity contribution in [3.8, 4) is 0 Å². The molecule has 25 heavy (non-hydrogen) atoms. The van der Waals surface area contributed by atoms with Gasteiger partial charge in [-0.05, 0) is 51.0 Å². The lowest BCUT2D eigenvalue weighted by Gasteiger charge is -2.06. The van der Waals surface area contributed by atoms with Gasteiger partial charge in [0.15, 0.2) is 11.6 Å². The van der Waals surface area contributed by atoms with E-state index in [-0.39, 0.29) is 17.3 Å². The summed E-state index contributed by atoms with van der Waals surface area (Å²) in [5.74, 6) is 0.235. The van der Waals surface area contributed by atoms with Gasteiger partial charge >= 0.3 is 0 Å². The van der Waals surface area contributed by atoms with Crippen molar-refractivity contribution in [2.24, 2.45) is 0 Å². The zero-order valence-corrected chi connectivity index (χ0v) is 15.6. The van der Waals surface area contributed by atoms with E-state index < -0.39 is 0 Å². The number of pyridine rings is 1. The van der Waals surface area contributed by atoms with E-state index in [4.69, 9.17) is 0 Å². The number of aromatic nitrogens is 2. The van der Waals surface area contributed by atoms with Crippen LogP contribution in [-0.4, -0.2) is 27.3 Å². The number of aryl methyl sites for hydroxylation is 2. The topological polar surface area (TPSA) is 62.8 Å². The van der Waals surface area contributed by atoms with Crippen molar-refractivity contribution in [3.63, 3.8) is 0 Å². The molecule has 0 saturated carbocycles. The maximum atomic E-state index is 12.6. The molecule has 1 N–H and O–H groups in total. The summed E-state index contributed by atoms with van der Waals surface area (Å²) in [5, 5.41) is 1.96. The number of carbonyl (C=O) groups is 2. The van der Waals surface area contributed by atoms with Crippen molar-refractivity contribution in [2.45, 2.75) is 32.7 Å². The van der Waals surface area contributed by atoms with E-state index in [1.807, 2.05) is 51.1 Å². The molecule has 1 aromatic carbocycles. The predicted molar refractivity (Wildman–Crippen MR) is 102 cm³/mol. The Morgan fingerprint density at radius 1 is 1.16 bits per heavy atom. The van der Waals surface area contributed by atoms with Gasteiger partial charge in [0.25, 0.3) is 0 Å². The molecule has 3 aromatic rings. The van der Waals surface area contributed by atoms with Gasteiger partial charge in [0.1, 0.15) is 0 Å². The fourth-order valence-corrected chi connectivity index (χ4v) is 4.01. The molecule has 5 heteroatoms. The lowest BCUT2D eigenvalue weighted by atomic mass is 10.1. The summed E-state index contributed by atoms with van der Waals surface area (Å²) < 4.78 is 0. The fourth-order valence-electron chi connectivity index (χ4n) is 3.16. The van der Waals surface area contributed by atoms with Crippen molar-refractivity contribution in [1.82, 2.24) is 9.97 Å². The standard InChI is InChI=1S/C20H20N2O2S/c1-11-9-18(22-16-8-6-5-7-15(11)16)25-10-17(24)20-12(2)19(14(4)23)13(3)21-20/h5-9,21H,10H2,1-4H3. The van der Waals surface area contributed by atoms with Gasteiger partial charge in [-0.2, -0.15) is 0 Å². The van der Waals surface area contributed by atoms with E-state index in [0.717, 1.165) is 32.7 Å². The van der Waals surface area contributed by atoms with Crippen molar-refractivity contribution >= 4 is 34.2 Å². The molecule has 0 amide bonds. The van der Waals surface area contributed by atoms with E-state index in [9.17, 15) is 9.59 Å². The van der Waals surface area contributed by atoms with Gasteiger partial charge in [0, 0.05) is 16.6 Å². The Morgan fingerprint density at radius 3 is 2.56 bits per heavy atom. The SMILES string of the molecule is CC(=O)c1c(C)[nH]c(C(=O)CSc2cc(C)c3ccccc3n2)c1C. The minimum atomic E-state index is -0.0234. The number of hydrogen-bond acceptors (Lipinski definition) is 4. The summed E-state index contributed by atoms with van der Waals surface area (Å²) >= 11 is 1.42. The van der Waals surface area contributed by atoms with Crippen molar-refractivity contribution in [3.05, 3.63) is 58.4 Å². The fraction of sp³-hybridized carbons (Fsp3) is 0.250. The number of Topliss-reactive ketones (excluding diaryl/α,β-unsaturated/α-hetero) is 2. The molecule has 0 aliphatic carbocycles. The first kappa shape index (κ1) is 17.4. The van der Waals surface area contributed by atoms with Crippen LogP contribution in [0.15, 0.2) is 35.4 Å². The first-order chi connectivity index (χ1) is 11.9. The molecule has 0 atom stereocenters. The largest absolute Gasteiger partial charge is 0.355 e. The van der Waals surface area contributed by atoms with Crippen LogP contribution in [-0.2, 0) is 0 Å². The van der Waals surface area contributed by atoms with Gasteiger partial charge < -0.3 is 4.98 Å². The second kappa shape index (κ2) is 6.84. The number of H-pyrrole nitrogens is 1. The van der Waals surface area contributed by atoms with Crippen molar-refractivity contribution < 1.29 is 9.59 Å². The summed E-state index contributed by atoms with van der Waals surface area (Å²) in [6.45, 7) is 7.21. The van der Waals surface area contributed by atoms with E-state index in [1.54, 1.807) is 0 Å².